The number of anilines is 2. The lowest BCUT2D eigenvalue weighted by atomic mass is 9.92. The summed E-state index contributed by atoms with van der Waals surface area (Å²) >= 11 is 15.0. The number of thiophene rings is 3. The molecule has 0 aliphatic carbocycles. The zero-order chi connectivity index (χ0) is 25.7. The number of hydrogen-bond donors (Lipinski definition) is 2. The Labute approximate surface area is 251 Å². The first kappa shape index (κ1) is 29.0. The van der Waals surface area contributed by atoms with Crippen LogP contribution in [0, 0.1) is 11.8 Å². The van der Waals surface area contributed by atoms with Crippen molar-refractivity contribution in [1.29, 1.82) is 0 Å². The van der Waals surface area contributed by atoms with Gasteiger partial charge in [0.15, 0.2) is 0 Å². The highest BCUT2D eigenvalue weighted by atomic mass is 79.9. The van der Waals surface area contributed by atoms with E-state index in [4.69, 9.17) is 0 Å². The molecule has 0 bridgehead atoms. The van der Waals surface area contributed by atoms with Crippen molar-refractivity contribution in [1.82, 2.24) is 0 Å². The number of fused-ring (bicyclic) bond motifs is 1. The highest BCUT2D eigenvalue weighted by Gasteiger charge is 2.29. The quantitative estimate of drug-likeness (QED) is 0.165. The molecule has 0 radical (unpaired) electrons. The van der Waals surface area contributed by atoms with Crippen molar-refractivity contribution in [3.63, 3.8) is 0 Å². The molecule has 0 saturated heterocycles. The smallest absolute Gasteiger partial charge is 0.0902 e. The van der Waals surface area contributed by atoms with E-state index in [0.29, 0.717) is 0 Å². The Morgan fingerprint density at radius 1 is 0.667 bits per heavy atom. The Morgan fingerprint density at radius 3 is 1.50 bits per heavy atom. The molecular formula is C28H38Br2N2S4. The zero-order valence-electron chi connectivity index (χ0n) is 21.8. The van der Waals surface area contributed by atoms with E-state index >= 15 is 0 Å². The monoisotopic (exact) mass is 688 g/mol. The van der Waals surface area contributed by atoms with Gasteiger partial charge in [0.05, 0.1) is 50.6 Å². The maximum absolute atomic E-state index is 3.83. The van der Waals surface area contributed by atoms with Crippen LogP contribution in [0.3, 0.4) is 0 Å². The van der Waals surface area contributed by atoms with Crippen LogP contribution in [-0.2, 0) is 12.8 Å². The van der Waals surface area contributed by atoms with Crippen molar-refractivity contribution in [2.75, 3.05) is 9.44 Å². The van der Waals surface area contributed by atoms with Crippen LogP contribution < -0.4 is 9.44 Å². The van der Waals surface area contributed by atoms with Crippen LogP contribution in [0.5, 0.6) is 0 Å². The summed E-state index contributed by atoms with van der Waals surface area (Å²) in [7, 11) is 0. The lowest BCUT2D eigenvalue weighted by Crippen LogP contribution is -2.03. The predicted molar refractivity (Wildman–Crippen MR) is 175 cm³/mol. The van der Waals surface area contributed by atoms with Crippen LogP contribution in [0.2, 0.25) is 0 Å². The van der Waals surface area contributed by atoms with Crippen LogP contribution in [0.1, 0.15) is 90.2 Å². The fourth-order valence-corrected chi connectivity index (χ4v) is 10.8. The number of halogens is 2. The summed E-state index contributed by atoms with van der Waals surface area (Å²) in [5.74, 6) is 1.51. The first-order valence-electron chi connectivity index (χ1n) is 13.4. The molecule has 3 aromatic heterocycles. The van der Waals surface area contributed by atoms with Crippen LogP contribution in [0.25, 0.3) is 19.5 Å². The van der Waals surface area contributed by atoms with Gasteiger partial charge in [-0.3, -0.25) is 0 Å². The topological polar surface area (TPSA) is 24.1 Å². The standard InChI is InChI=1S/C28H38Br2N2S4/c1-5-9-11-17(7-3)13-19-15-21(29)33-25(19)27-23-24(32-36-31-23)28(35-27)26-20(16-22(30)34-26)14-18(8-4)12-10-6-2/h15-18,31-32H,5-14H2,1-4H3. The van der Waals surface area contributed by atoms with E-state index in [1.165, 1.54) is 114 Å². The maximum atomic E-state index is 3.83. The number of unbranched alkanes of at least 4 members (excludes halogenated alkanes) is 2. The molecule has 0 spiro atoms. The van der Waals surface area contributed by atoms with Crippen LogP contribution in [0.4, 0.5) is 11.4 Å². The van der Waals surface area contributed by atoms with Crippen LogP contribution in [0.15, 0.2) is 19.7 Å². The first-order chi connectivity index (χ1) is 17.5. The molecule has 1 aliphatic heterocycles. The summed E-state index contributed by atoms with van der Waals surface area (Å²) in [4.78, 5) is 5.66. The fraction of sp³-hybridized carbons (Fsp3) is 0.571. The van der Waals surface area contributed by atoms with Gasteiger partial charge >= 0.3 is 0 Å². The normalized spacial score (nSPS) is 14.5. The Kier molecular flexibility index (Phi) is 11.2. The van der Waals surface area contributed by atoms with E-state index in [1.807, 2.05) is 34.0 Å². The van der Waals surface area contributed by atoms with Gasteiger partial charge in [-0.25, -0.2) is 0 Å². The molecule has 2 unspecified atom stereocenters. The second kappa shape index (κ2) is 13.9. The van der Waals surface area contributed by atoms with E-state index in [0.717, 1.165) is 11.8 Å². The fourth-order valence-electron chi connectivity index (χ4n) is 5.06. The molecule has 4 rings (SSSR count). The molecule has 2 N–H and O–H groups in total. The average Bonchev–Trinajstić information content (AvgIpc) is 3.63. The summed E-state index contributed by atoms with van der Waals surface area (Å²) < 4.78 is 9.68. The van der Waals surface area contributed by atoms with Gasteiger partial charge in [-0.15, -0.1) is 34.0 Å². The molecule has 2 nitrogen and oxygen atoms in total. The van der Waals surface area contributed by atoms with Gasteiger partial charge in [-0.2, -0.15) is 0 Å². The average molecular weight is 691 g/mol. The Morgan fingerprint density at radius 2 is 1.11 bits per heavy atom. The van der Waals surface area contributed by atoms with Crippen molar-refractivity contribution < 1.29 is 0 Å². The van der Waals surface area contributed by atoms with Crippen molar-refractivity contribution in [3.8, 4) is 19.5 Å². The second-order valence-corrected chi connectivity index (χ2v) is 16.4. The SMILES string of the molecule is CCCCC(CC)Cc1cc(Br)sc1-c1sc(-c2sc(Br)cc2CC(CC)CCCC)c2c1NSN2. The molecular weight excluding hydrogens is 652 g/mol. The summed E-state index contributed by atoms with van der Waals surface area (Å²) in [6, 6.07) is 4.76. The number of nitrogens with one attached hydrogen (secondary N) is 2. The summed E-state index contributed by atoms with van der Waals surface area (Å²) in [6.07, 6.45) is 12.7. The van der Waals surface area contributed by atoms with Crippen molar-refractivity contribution in [2.45, 2.75) is 91.9 Å². The van der Waals surface area contributed by atoms with Gasteiger partial charge in [0, 0.05) is 0 Å². The van der Waals surface area contributed by atoms with E-state index in [9.17, 15) is 0 Å². The first-order valence-corrected chi connectivity index (χ1v) is 18.3. The maximum Gasteiger partial charge on any atom is 0.0902 e. The third-order valence-corrected chi connectivity index (χ3v) is 12.8. The molecule has 0 aromatic carbocycles. The van der Waals surface area contributed by atoms with Gasteiger partial charge < -0.3 is 9.44 Å². The molecule has 2 atom stereocenters. The van der Waals surface area contributed by atoms with Crippen molar-refractivity contribution >= 4 is 89.4 Å². The van der Waals surface area contributed by atoms with Crippen LogP contribution >= 0.6 is 78.0 Å². The van der Waals surface area contributed by atoms with E-state index < -0.39 is 0 Å². The van der Waals surface area contributed by atoms with Gasteiger partial charge in [0.2, 0.25) is 0 Å². The van der Waals surface area contributed by atoms with Gasteiger partial charge in [0.1, 0.15) is 0 Å². The van der Waals surface area contributed by atoms with E-state index in [2.05, 4.69) is 81.1 Å². The second-order valence-electron chi connectivity index (χ2n) is 9.87. The Balaban J connectivity index is 1.70. The van der Waals surface area contributed by atoms with Crippen LogP contribution in [-0.4, -0.2) is 0 Å². The number of hydrogen-bond acceptors (Lipinski definition) is 6. The van der Waals surface area contributed by atoms with Gasteiger partial charge in [-0.1, -0.05) is 79.1 Å². The molecule has 4 heterocycles. The predicted octanol–water partition coefficient (Wildman–Crippen LogP) is 12.6. The molecule has 0 saturated carbocycles. The minimum Gasteiger partial charge on any atom is -0.309 e. The third-order valence-electron chi connectivity index (χ3n) is 7.29. The summed E-state index contributed by atoms with van der Waals surface area (Å²) in [5, 5.41) is 0. The van der Waals surface area contributed by atoms with Gasteiger partial charge in [0.25, 0.3) is 0 Å². The summed E-state index contributed by atoms with van der Waals surface area (Å²) in [5.41, 5.74) is 5.54. The highest BCUT2D eigenvalue weighted by Crippen LogP contribution is 2.58. The molecule has 0 fully saturated rings. The highest BCUT2D eigenvalue weighted by molar-refractivity contribution is 9.11. The lowest BCUT2D eigenvalue weighted by molar-refractivity contribution is 0.450. The molecule has 0 amide bonds. The number of rotatable bonds is 14. The molecule has 36 heavy (non-hydrogen) atoms. The minimum atomic E-state index is 0.757. The molecule has 198 valence electrons. The van der Waals surface area contributed by atoms with Crippen molar-refractivity contribution in [2.24, 2.45) is 11.8 Å². The zero-order valence-corrected chi connectivity index (χ0v) is 28.2. The van der Waals surface area contributed by atoms with E-state index in [-0.39, 0.29) is 0 Å². The lowest BCUT2D eigenvalue weighted by Gasteiger charge is -2.15. The van der Waals surface area contributed by atoms with Crippen molar-refractivity contribution in [3.05, 3.63) is 30.8 Å². The Bertz CT molecular complexity index is 1050. The molecule has 8 heteroatoms. The molecule has 1 aliphatic rings. The molecule has 3 aromatic rings. The van der Waals surface area contributed by atoms with E-state index in [1.54, 1.807) is 12.1 Å². The largest absolute Gasteiger partial charge is 0.309 e. The minimum absolute atomic E-state index is 0.757. The Hall–Kier alpha value is 0.01000. The third kappa shape index (κ3) is 6.77. The summed E-state index contributed by atoms with van der Waals surface area (Å²) in [6.45, 7) is 9.31. The van der Waals surface area contributed by atoms with Gasteiger partial charge in [-0.05, 0) is 79.8 Å².